The fourth-order valence-corrected chi connectivity index (χ4v) is 0.555. The van der Waals surface area contributed by atoms with Gasteiger partial charge in [-0.05, 0) is 5.92 Å². The van der Waals surface area contributed by atoms with Gasteiger partial charge in [-0.25, -0.2) is 0 Å². The Kier molecular flexibility index (Phi) is 4.89. The quantitative estimate of drug-likeness (QED) is 0.452. The highest BCUT2D eigenvalue weighted by molar-refractivity contribution is 9.10. The van der Waals surface area contributed by atoms with E-state index < -0.39 is 16.8 Å². The molecule has 0 bridgehead atoms. The molecule has 0 aliphatic rings. The summed E-state index contributed by atoms with van der Waals surface area (Å²) in [6, 6.07) is 0. The molecule has 4 nitrogen and oxygen atoms in total. The maximum Gasteiger partial charge on any atom is 0.331 e. The standard InChI is InChI=1S/C7H11BrO4/c1-4(2)3-12-7(11)5(8)6(9)10/h4-5H,3H2,1-2H3,(H,9,10). The van der Waals surface area contributed by atoms with Crippen molar-refractivity contribution in [2.75, 3.05) is 6.61 Å². The first-order chi connectivity index (χ1) is 5.45. The number of carboxylic acid groups (broad SMARTS) is 1. The van der Waals surface area contributed by atoms with Crippen LogP contribution in [0.25, 0.3) is 0 Å². The van der Waals surface area contributed by atoms with E-state index in [2.05, 4.69) is 20.7 Å². The molecule has 1 N–H and O–H groups in total. The highest BCUT2D eigenvalue weighted by atomic mass is 79.9. The fraction of sp³-hybridized carbons (Fsp3) is 0.714. The maximum absolute atomic E-state index is 10.8. The Morgan fingerprint density at radius 1 is 1.50 bits per heavy atom. The van der Waals surface area contributed by atoms with Gasteiger partial charge in [0.05, 0.1) is 6.61 Å². The number of carbonyl (C=O) groups excluding carboxylic acids is 1. The number of carboxylic acids is 1. The van der Waals surface area contributed by atoms with E-state index in [0.29, 0.717) is 0 Å². The predicted octanol–water partition coefficient (Wildman–Crippen LogP) is 1.03. The third-order valence-corrected chi connectivity index (χ3v) is 1.75. The third kappa shape index (κ3) is 4.33. The van der Waals surface area contributed by atoms with E-state index in [4.69, 9.17) is 5.11 Å². The minimum Gasteiger partial charge on any atom is -0.480 e. The number of aliphatic carboxylic acids is 1. The van der Waals surface area contributed by atoms with Crippen LogP contribution in [0.1, 0.15) is 13.8 Å². The van der Waals surface area contributed by atoms with E-state index in [1.165, 1.54) is 0 Å². The molecule has 0 aliphatic carbocycles. The minimum absolute atomic E-state index is 0.211. The van der Waals surface area contributed by atoms with Gasteiger partial charge in [-0.1, -0.05) is 29.8 Å². The molecule has 0 saturated heterocycles. The van der Waals surface area contributed by atoms with Crippen molar-refractivity contribution in [1.29, 1.82) is 0 Å². The van der Waals surface area contributed by atoms with Crippen molar-refractivity contribution in [3.63, 3.8) is 0 Å². The van der Waals surface area contributed by atoms with Gasteiger partial charge in [-0.15, -0.1) is 0 Å². The molecule has 0 aromatic carbocycles. The summed E-state index contributed by atoms with van der Waals surface area (Å²) in [5.41, 5.74) is 0. The molecule has 0 spiro atoms. The monoisotopic (exact) mass is 238 g/mol. The van der Waals surface area contributed by atoms with Crippen molar-refractivity contribution in [3.05, 3.63) is 0 Å². The molecule has 0 aliphatic heterocycles. The van der Waals surface area contributed by atoms with Crippen molar-refractivity contribution in [3.8, 4) is 0 Å². The molecule has 1 unspecified atom stereocenters. The number of rotatable bonds is 4. The van der Waals surface area contributed by atoms with Crippen molar-refractivity contribution >= 4 is 27.9 Å². The second-order valence-electron chi connectivity index (χ2n) is 2.72. The lowest BCUT2D eigenvalue weighted by molar-refractivity contribution is -0.150. The Morgan fingerprint density at radius 2 is 2.00 bits per heavy atom. The SMILES string of the molecule is CC(C)COC(=O)C(Br)C(=O)O. The number of ether oxygens (including phenoxy) is 1. The molecule has 0 fully saturated rings. The van der Waals surface area contributed by atoms with E-state index in [1.54, 1.807) is 0 Å². The highest BCUT2D eigenvalue weighted by Crippen LogP contribution is 2.03. The molecular weight excluding hydrogens is 228 g/mol. The van der Waals surface area contributed by atoms with Gasteiger partial charge in [-0.2, -0.15) is 0 Å². The predicted molar refractivity (Wildman–Crippen MR) is 46.1 cm³/mol. The van der Waals surface area contributed by atoms with E-state index in [1.807, 2.05) is 13.8 Å². The molecule has 0 rings (SSSR count). The van der Waals surface area contributed by atoms with Crippen molar-refractivity contribution in [2.24, 2.45) is 5.92 Å². The number of esters is 1. The average molecular weight is 239 g/mol. The van der Waals surface area contributed by atoms with Crippen LogP contribution >= 0.6 is 15.9 Å². The van der Waals surface area contributed by atoms with Crippen LogP contribution in [0, 0.1) is 5.92 Å². The third-order valence-electron chi connectivity index (χ3n) is 0.983. The van der Waals surface area contributed by atoms with Gasteiger partial charge >= 0.3 is 11.9 Å². The smallest absolute Gasteiger partial charge is 0.331 e. The molecule has 12 heavy (non-hydrogen) atoms. The second kappa shape index (κ2) is 5.13. The van der Waals surface area contributed by atoms with E-state index in [-0.39, 0.29) is 12.5 Å². The average Bonchev–Trinajstić information content (AvgIpc) is 1.98. The Labute approximate surface area is 79.0 Å². The van der Waals surface area contributed by atoms with Crippen LogP contribution in [0.3, 0.4) is 0 Å². The van der Waals surface area contributed by atoms with Crippen LogP contribution in [0.15, 0.2) is 0 Å². The maximum atomic E-state index is 10.8. The first-order valence-corrected chi connectivity index (χ1v) is 4.40. The Morgan fingerprint density at radius 3 is 2.33 bits per heavy atom. The minimum atomic E-state index is -1.25. The van der Waals surface area contributed by atoms with Gasteiger partial charge in [0.2, 0.25) is 4.83 Å². The van der Waals surface area contributed by atoms with Crippen LogP contribution < -0.4 is 0 Å². The molecule has 0 radical (unpaired) electrons. The summed E-state index contributed by atoms with van der Waals surface area (Å²) in [6.45, 7) is 3.99. The summed E-state index contributed by atoms with van der Waals surface area (Å²) in [5.74, 6) is -1.78. The molecule has 0 aromatic heterocycles. The van der Waals surface area contributed by atoms with Crippen LogP contribution in [0.5, 0.6) is 0 Å². The molecule has 0 amide bonds. The van der Waals surface area contributed by atoms with Crippen molar-refractivity contribution < 1.29 is 19.4 Å². The summed E-state index contributed by atoms with van der Waals surface area (Å²) < 4.78 is 4.66. The largest absolute Gasteiger partial charge is 0.480 e. The summed E-state index contributed by atoms with van der Waals surface area (Å²) >= 11 is 2.68. The zero-order valence-electron chi connectivity index (χ0n) is 6.91. The number of halogens is 1. The van der Waals surface area contributed by atoms with Gasteiger partial charge in [-0.3, -0.25) is 9.59 Å². The molecule has 0 aromatic rings. The second-order valence-corrected chi connectivity index (χ2v) is 3.64. The van der Waals surface area contributed by atoms with Gasteiger partial charge in [0, 0.05) is 0 Å². The lowest BCUT2D eigenvalue weighted by Gasteiger charge is -2.08. The molecule has 0 saturated carbocycles. The zero-order chi connectivity index (χ0) is 9.72. The summed E-state index contributed by atoms with van der Waals surface area (Å²) in [6.07, 6.45) is 0. The number of hydrogen-bond acceptors (Lipinski definition) is 3. The topological polar surface area (TPSA) is 63.6 Å². The van der Waals surface area contributed by atoms with Crippen LogP contribution in [-0.2, 0) is 14.3 Å². The Bertz CT molecular complexity index is 178. The Balaban J connectivity index is 3.80. The van der Waals surface area contributed by atoms with Crippen molar-refractivity contribution in [2.45, 2.75) is 18.7 Å². The summed E-state index contributed by atoms with van der Waals surface area (Å²) in [7, 11) is 0. The van der Waals surface area contributed by atoms with Crippen LogP contribution in [0.4, 0.5) is 0 Å². The molecule has 1 atom stereocenters. The Hall–Kier alpha value is -0.580. The van der Waals surface area contributed by atoms with Gasteiger partial charge in [0.25, 0.3) is 0 Å². The lowest BCUT2D eigenvalue weighted by atomic mass is 10.2. The van der Waals surface area contributed by atoms with Gasteiger partial charge < -0.3 is 9.84 Å². The molecule has 5 heteroatoms. The highest BCUT2D eigenvalue weighted by Gasteiger charge is 2.24. The van der Waals surface area contributed by atoms with Crippen molar-refractivity contribution in [1.82, 2.24) is 0 Å². The molecule has 0 heterocycles. The normalized spacial score (nSPS) is 12.7. The van der Waals surface area contributed by atoms with E-state index in [0.717, 1.165) is 0 Å². The first-order valence-electron chi connectivity index (χ1n) is 3.48. The summed E-state index contributed by atoms with van der Waals surface area (Å²) in [4.78, 5) is 19.8. The number of carbonyl (C=O) groups is 2. The van der Waals surface area contributed by atoms with Gasteiger partial charge in [0.15, 0.2) is 0 Å². The number of alkyl halides is 1. The van der Waals surface area contributed by atoms with Crippen LogP contribution in [-0.4, -0.2) is 28.5 Å². The number of hydrogen-bond donors (Lipinski definition) is 1. The fourth-order valence-electron chi connectivity index (χ4n) is 0.423. The van der Waals surface area contributed by atoms with E-state index in [9.17, 15) is 9.59 Å². The molecule has 70 valence electrons. The van der Waals surface area contributed by atoms with Gasteiger partial charge in [0.1, 0.15) is 0 Å². The summed E-state index contributed by atoms with van der Waals surface area (Å²) in [5, 5.41) is 8.37. The lowest BCUT2D eigenvalue weighted by Crippen LogP contribution is -2.26. The molecular formula is C7H11BrO4. The first kappa shape index (κ1) is 11.4. The van der Waals surface area contributed by atoms with E-state index >= 15 is 0 Å². The zero-order valence-corrected chi connectivity index (χ0v) is 8.50. The van der Waals surface area contributed by atoms with Crippen LogP contribution in [0.2, 0.25) is 0 Å².